The summed E-state index contributed by atoms with van der Waals surface area (Å²) < 4.78 is 23.0. The van der Waals surface area contributed by atoms with E-state index in [0.29, 0.717) is 5.76 Å². The van der Waals surface area contributed by atoms with Crippen molar-refractivity contribution in [1.29, 1.82) is 0 Å². The number of hydrogen-bond donors (Lipinski definition) is 0. The summed E-state index contributed by atoms with van der Waals surface area (Å²) in [5, 5.41) is 0. The molecule has 0 aromatic carbocycles. The number of ether oxygens (including phenoxy) is 2. The van der Waals surface area contributed by atoms with E-state index in [0.717, 1.165) is 0 Å². The van der Waals surface area contributed by atoms with E-state index in [-0.39, 0.29) is 18.0 Å². The Bertz CT molecular complexity index is 575. The maximum Gasteiger partial charge on any atom is 0.316 e. The Kier molecular flexibility index (Phi) is 5.56. The third-order valence-electron chi connectivity index (χ3n) is 4.27. The van der Waals surface area contributed by atoms with Crippen LogP contribution in [-0.4, -0.2) is 47.9 Å². The van der Waals surface area contributed by atoms with E-state index in [1.165, 1.54) is 7.11 Å². The van der Waals surface area contributed by atoms with Gasteiger partial charge in [0.15, 0.2) is 8.32 Å². The van der Waals surface area contributed by atoms with Crippen LogP contribution in [0.3, 0.4) is 0 Å². The Labute approximate surface area is 152 Å². The monoisotopic (exact) mass is 386 g/mol. The van der Waals surface area contributed by atoms with E-state index in [9.17, 15) is 9.59 Å². The maximum atomic E-state index is 12.5. The Balaban J connectivity index is 2.52. The maximum absolute atomic E-state index is 12.5. The molecule has 1 saturated heterocycles. The standard InChI is InChI=1S/C17H30O6Si2/c1-10-13-14(16(18)20-2)11(22-24(3,4)5)9-12(23-25(6,7)8)15(13)17(19)21-10/h9-10,12-15H,1-8H3/t10-,12+,13+,14?,15-/m0/s1. The van der Waals surface area contributed by atoms with Gasteiger partial charge in [-0.2, -0.15) is 0 Å². The van der Waals surface area contributed by atoms with Gasteiger partial charge in [-0.05, 0) is 52.3 Å². The zero-order chi connectivity index (χ0) is 19.2. The van der Waals surface area contributed by atoms with Crippen molar-refractivity contribution in [3.8, 4) is 0 Å². The van der Waals surface area contributed by atoms with Gasteiger partial charge in [0, 0.05) is 5.92 Å². The molecule has 1 aliphatic heterocycles. The van der Waals surface area contributed by atoms with Crippen LogP contribution in [-0.2, 0) is 27.9 Å². The van der Waals surface area contributed by atoms with Crippen LogP contribution in [0.5, 0.6) is 0 Å². The summed E-state index contributed by atoms with van der Waals surface area (Å²) in [6, 6.07) is 0. The van der Waals surface area contributed by atoms with Crippen molar-refractivity contribution in [2.75, 3.05) is 7.11 Å². The Morgan fingerprint density at radius 3 is 2.20 bits per heavy atom. The first-order valence-corrected chi connectivity index (χ1v) is 15.5. The molecule has 0 radical (unpaired) electrons. The first-order chi connectivity index (χ1) is 11.3. The largest absolute Gasteiger partial charge is 0.547 e. The highest BCUT2D eigenvalue weighted by molar-refractivity contribution is 6.70. The molecular formula is C17H30O6Si2. The van der Waals surface area contributed by atoms with Gasteiger partial charge in [-0.3, -0.25) is 9.59 Å². The van der Waals surface area contributed by atoms with Gasteiger partial charge >= 0.3 is 11.9 Å². The van der Waals surface area contributed by atoms with Crippen molar-refractivity contribution in [3.05, 3.63) is 11.8 Å². The predicted molar refractivity (Wildman–Crippen MR) is 98.8 cm³/mol. The average molecular weight is 387 g/mol. The topological polar surface area (TPSA) is 71.1 Å². The fourth-order valence-corrected chi connectivity index (χ4v) is 5.48. The number of hydrogen-bond acceptors (Lipinski definition) is 6. The number of cyclic esters (lactones) is 1. The molecule has 0 bridgehead atoms. The summed E-state index contributed by atoms with van der Waals surface area (Å²) in [6.45, 7) is 14.2. The van der Waals surface area contributed by atoms with Gasteiger partial charge in [-0.1, -0.05) is 0 Å². The van der Waals surface area contributed by atoms with Gasteiger partial charge in [0.2, 0.25) is 8.32 Å². The average Bonchev–Trinajstić information content (AvgIpc) is 2.70. The number of fused-ring (bicyclic) bond motifs is 1. The number of methoxy groups -OCH3 is 1. The summed E-state index contributed by atoms with van der Waals surface area (Å²) >= 11 is 0. The number of rotatable bonds is 5. The van der Waals surface area contributed by atoms with E-state index in [1.54, 1.807) is 0 Å². The van der Waals surface area contributed by atoms with Crippen molar-refractivity contribution >= 4 is 28.6 Å². The van der Waals surface area contributed by atoms with Gasteiger partial charge in [-0.15, -0.1) is 0 Å². The van der Waals surface area contributed by atoms with Crippen LogP contribution < -0.4 is 0 Å². The Hall–Kier alpha value is -1.13. The molecule has 0 aromatic rings. The number of esters is 2. The fraction of sp³-hybridized carbons (Fsp3) is 0.765. The molecule has 1 heterocycles. The zero-order valence-electron chi connectivity index (χ0n) is 16.4. The van der Waals surface area contributed by atoms with E-state index in [2.05, 4.69) is 39.3 Å². The second kappa shape index (κ2) is 6.88. The second-order valence-corrected chi connectivity index (χ2v) is 17.6. The highest BCUT2D eigenvalue weighted by atomic mass is 28.4. The lowest BCUT2D eigenvalue weighted by Crippen LogP contribution is -2.48. The van der Waals surface area contributed by atoms with Gasteiger partial charge < -0.3 is 18.3 Å². The van der Waals surface area contributed by atoms with E-state index in [4.69, 9.17) is 18.3 Å². The van der Waals surface area contributed by atoms with Gasteiger partial charge in [0.25, 0.3) is 0 Å². The fourth-order valence-electron chi connectivity index (χ4n) is 3.55. The molecule has 8 heteroatoms. The molecule has 0 aromatic heterocycles. The van der Waals surface area contributed by atoms with Crippen LogP contribution in [0, 0.1) is 17.8 Å². The quantitative estimate of drug-likeness (QED) is 0.534. The van der Waals surface area contributed by atoms with E-state index in [1.807, 2.05) is 13.0 Å². The second-order valence-electron chi connectivity index (χ2n) is 8.72. The molecular weight excluding hydrogens is 356 g/mol. The third kappa shape index (κ3) is 4.54. The van der Waals surface area contributed by atoms with Crippen molar-refractivity contribution in [2.24, 2.45) is 17.8 Å². The SMILES string of the molecule is COC(=O)C1C(O[Si](C)(C)C)=C[C@@H](O[Si](C)(C)C)[C@@H]2C(=O)O[C@@H](C)[C@H]12. The summed E-state index contributed by atoms with van der Waals surface area (Å²) in [4.78, 5) is 25.0. The molecule has 6 nitrogen and oxygen atoms in total. The lowest BCUT2D eigenvalue weighted by molar-refractivity contribution is -0.148. The van der Waals surface area contributed by atoms with E-state index >= 15 is 0 Å². The van der Waals surface area contributed by atoms with Crippen LogP contribution in [0.2, 0.25) is 39.3 Å². The van der Waals surface area contributed by atoms with Gasteiger partial charge in [-0.25, -0.2) is 0 Å². The van der Waals surface area contributed by atoms with Crippen LogP contribution in [0.4, 0.5) is 0 Å². The lowest BCUT2D eigenvalue weighted by Gasteiger charge is -2.39. The molecule has 0 amide bonds. The summed E-state index contributed by atoms with van der Waals surface area (Å²) in [5.41, 5.74) is 0. The molecule has 5 atom stereocenters. The smallest absolute Gasteiger partial charge is 0.316 e. The van der Waals surface area contributed by atoms with Gasteiger partial charge in [0.05, 0.1) is 24.9 Å². The molecule has 1 unspecified atom stereocenters. The minimum Gasteiger partial charge on any atom is -0.547 e. The first-order valence-electron chi connectivity index (χ1n) is 8.71. The molecule has 0 N–H and O–H groups in total. The van der Waals surface area contributed by atoms with Crippen LogP contribution >= 0.6 is 0 Å². The van der Waals surface area contributed by atoms with Crippen LogP contribution in [0.25, 0.3) is 0 Å². The molecule has 25 heavy (non-hydrogen) atoms. The van der Waals surface area contributed by atoms with Crippen LogP contribution in [0.15, 0.2) is 11.8 Å². The lowest BCUT2D eigenvalue weighted by atomic mass is 9.72. The van der Waals surface area contributed by atoms with Crippen LogP contribution in [0.1, 0.15) is 6.92 Å². The summed E-state index contributed by atoms with van der Waals surface area (Å²) in [6.07, 6.45) is 1.00. The highest BCUT2D eigenvalue weighted by Gasteiger charge is 2.57. The highest BCUT2D eigenvalue weighted by Crippen LogP contribution is 2.46. The molecule has 1 fully saturated rings. The normalized spacial score (nSPS) is 32.6. The molecule has 2 aliphatic rings. The number of carbonyl (C=O) groups is 2. The van der Waals surface area contributed by atoms with Crippen molar-refractivity contribution < 1.29 is 27.9 Å². The van der Waals surface area contributed by atoms with Crippen molar-refractivity contribution in [1.82, 2.24) is 0 Å². The predicted octanol–water partition coefficient (Wildman–Crippen LogP) is 2.92. The van der Waals surface area contributed by atoms with Crippen molar-refractivity contribution in [2.45, 2.75) is 58.4 Å². The zero-order valence-corrected chi connectivity index (χ0v) is 18.4. The molecule has 1 aliphatic carbocycles. The third-order valence-corrected chi connectivity index (χ3v) is 6.10. The Morgan fingerprint density at radius 2 is 1.72 bits per heavy atom. The molecule has 2 rings (SSSR count). The Morgan fingerprint density at radius 1 is 1.12 bits per heavy atom. The summed E-state index contributed by atoms with van der Waals surface area (Å²) in [7, 11) is -2.52. The molecule has 0 saturated carbocycles. The minimum absolute atomic E-state index is 0.307. The van der Waals surface area contributed by atoms with Gasteiger partial charge in [0.1, 0.15) is 12.0 Å². The summed E-state index contributed by atoms with van der Waals surface area (Å²) in [5.74, 6) is -1.60. The minimum atomic E-state index is -1.96. The van der Waals surface area contributed by atoms with E-state index < -0.39 is 40.5 Å². The first kappa shape index (κ1) is 20.2. The molecule has 142 valence electrons. The van der Waals surface area contributed by atoms with Crippen molar-refractivity contribution in [3.63, 3.8) is 0 Å². The molecule has 0 spiro atoms. The number of carbonyl (C=O) groups excluding carboxylic acids is 2.